The molecule has 0 radical (unpaired) electrons. The van der Waals surface area contributed by atoms with Gasteiger partial charge in [0.2, 0.25) is 5.88 Å². The van der Waals surface area contributed by atoms with E-state index in [-0.39, 0.29) is 0 Å². The Bertz CT molecular complexity index is 1120. The van der Waals surface area contributed by atoms with Crippen molar-refractivity contribution >= 4 is 22.2 Å². The minimum absolute atomic E-state index is 0.521. The number of rotatable bonds is 7. The van der Waals surface area contributed by atoms with Crippen molar-refractivity contribution < 1.29 is 4.74 Å². The Balaban J connectivity index is 1.27. The maximum atomic E-state index is 6.19. The summed E-state index contributed by atoms with van der Waals surface area (Å²) >= 11 is 1.63. The van der Waals surface area contributed by atoms with Crippen molar-refractivity contribution in [1.29, 1.82) is 0 Å². The molecule has 1 aliphatic heterocycles. The second-order valence-electron chi connectivity index (χ2n) is 7.87. The standard InChI is InChI=1S/C24H25N5OS/c1-2-11-29(16-18-4-3-9-25-15-18)20(5-1)8-12-30-23-21-14-19(24-26-10-13-31-24)6-7-22(21)27-17-28-23/h3-4,6-7,9-10,13-15,17,20H,1-2,5,8,11-12,16H2. The van der Waals surface area contributed by atoms with Gasteiger partial charge in [-0.25, -0.2) is 15.0 Å². The summed E-state index contributed by atoms with van der Waals surface area (Å²) in [4.78, 5) is 20.1. The molecule has 5 rings (SSSR count). The lowest BCUT2D eigenvalue weighted by Gasteiger charge is -2.35. The quantitative estimate of drug-likeness (QED) is 0.412. The Morgan fingerprint density at radius 1 is 1.10 bits per heavy atom. The summed E-state index contributed by atoms with van der Waals surface area (Å²) in [7, 11) is 0. The van der Waals surface area contributed by atoms with Crippen LogP contribution in [0.3, 0.4) is 0 Å². The van der Waals surface area contributed by atoms with Crippen molar-refractivity contribution in [2.24, 2.45) is 0 Å². The van der Waals surface area contributed by atoms with Gasteiger partial charge < -0.3 is 4.74 Å². The first-order valence-corrected chi connectivity index (χ1v) is 11.7. The molecule has 0 amide bonds. The number of thiazole rings is 1. The summed E-state index contributed by atoms with van der Waals surface area (Å²) in [6.45, 7) is 2.72. The molecule has 1 unspecified atom stereocenters. The van der Waals surface area contributed by atoms with E-state index in [0.717, 1.165) is 41.0 Å². The number of hydrogen-bond acceptors (Lipinski definition) is 7. The molecule has 6 nitrogen and oxygen atoms in total. The van der Waals surface area contributed by atoms with Crippen molar-refractivity contribution in [2.45, 2.75) is 38.3 Å². The van der Waals surface area contributed by atoms with Gasteiger partial charge in [-0.2, -0.15) is 0 Å². The number of likely N-dealkylation sites (tertiary alicyclic amines) is 1. The topological polar surface area (TPSA) is 64.0 Å². The van der Waals surface area contributed by atoms with Crippen molar-refractivity contribution in [3.63, 3.8) is 0 Å². The van der Waals surface area contributed by atoms with Crippen molar-refractivity contribution in [3.05, 3.63) is 66.2 Å². The molecule has 1 aliphatic rings. The fourth-order valence-corrected chi connectivity index (χ4v) is 4.90. The molecular formula is C24H25N5OS. The van der Waals surface area contributed by atoms with Gasteiger partial charge in [0, 0.05) is 42.1 Å². The lowest BCUT2D eigenvalue weighted by Crippen LogP contribution is -2.39. The van der Waals surface area contributed by atoms with E-state index in [1.165, 1.54) is 24.8 Å². The average molecular weight is 432 g/mol. The van der Waals surface area contributed by atoms with Crippen molar-refractivity contribution in [3.8, 4) is 16.5 Å². The van der Waals surface area contributed by atoms with E-state index in [2.05, 4.69) is 43.0 Å². The van der Waals surface area contributed by atoms with E-state index in [4.69, 9.17) is 4.74 Å². The Labute approximate surface area is 186 Å². The van der Waals surface area contributed by atoms with Crippen LogP contribution in [0.2, 0.25) is 0 Å². The van der Waals surface area contributed by atoms with Crippen LogP contribution in [0.25, 0.3) is 21.5 Å². The van der Waals surface area contributed by atoms with Crippen LogP contribution in [0, 0.1) is 0 Å². The van der Waals surface area contributed by atoms with Gasteiger partial charge in [-0.15, -0.1) is 11.3 Å². The Morgan fingerprint density at radius 2 is 2.10 bits per heavy atom. The van der Waals surface area contributed by atoms with Gasteiger partial charge in [0.05, 0.1) is 17.5 Å². The SMILES string of the molecule is c1cncc(CN2CCCCC2CCOc2ncnc3ccc(-c4nccs4)cc23)c1. The third-order valence-electron chi connectivity index (χ3n) is 5.83. The second kappa shape index (κ2) is 9.49. The zero-order valence-corrected chi connectivity index (χ0v) is 18.2. The lowest BCUT2D eigenvalue weighted by molar-refractivity contribution is 0.116. The van der Waals surface area contributed by atoms with Crippen LogP contribution in [-0.4, -0.2) is 44.0 Å². The molecule has 0 saturated carbocycles. The number of aromatic nitrogens is 4. The van der Waals surface area contributed by atoms with Gasteiger partial charge in [0.1, 0.15) is 11.3 Å². The number of nitrogens with zero attached hydrogens (tertiary/aromatic N) is 5. The van der Waals surface area contributed by atoms with E-state index < -0.39 is 0 Å². The molecule has 4 heterocycles. The maximum absolute atomic E-state index is 6.19. The van der Waals surface area contributed by atoms with Crippen LogP contribution in [0.1, 0.15) is 31.2 Å². The van der Waals surface area contributed by atoms with Gasteiger partial charge in [-0.3, -0.25) is 9.88 Å². The second-order valence-corrected chi connectivity index (χ2v) is 8.76. The molecule has 0 aliphatic carbocycles. The summed E-state index contributed by atoms with van der Waals surface area (Å²) in [6.07, 6.45) is 11.9. The molecule has 3 aromatic heterocycles. The normalized spacial score (nSPS) is 17.1. The van der Waals surface area contributed by atoms with Gasteiger partial charge in [0.25, 0.3) is 0 Å². The van der Waals surface area contributed by atoms with Crippen LogP contribution in [0.4, 0.5) is 0 Å². The molecule has 4 aromatic rings. The van der Waals surface area contributed by atoms with E-state index in [9.17, 15) is 0 Å². The minimum Gasteiger partial charge on any atom is -0.477 e. The number of ether oxygens (including phenoxy) is 1. The molecule has 1 atom stereocenters. The lowest BCUT2D eigenvalue weighted by atomic mass is 9.99. The maximum Gasteiger partial charge on any atom is 0.224 e. The molecule has 1 saturated heterocycles. The molecule has 0 spiro atoms. The van der Waals surface area contributed by atoms with Crippen molar-refractivity contribution in [2.75, 3.05) is 13.2 Å². The highest BCUT2D eigenvalue weighted by atomic mass is 32.1. The van der Waals surface area contributed by atoms with Crippen LogP contribution in [-0.2, 0) is 6.54 Å². The highest BCUT2D eigenvalue weighted by Crippen LogP contribution is 2.29. The fourth-order valence-electron chi connectivity index (χ4n) is 4.26. The van der Waals surface area contributed by atoms with Crippen LogP contribution >= 0.6 is 11.3 Å². The Morgan fingerprint density at radius 3 is 2.97 bits per heavy atom. The zero-order chi connectivity index (χ0) is 20.9. The van der Waals surface area contributed by atoms with Crippen molar-refractivity contribution in [1.82, 2.24) is 24.8 Å². The molecule has 7 heteroatoms. The molecule has 0 N–H and O–H groups in total. The summed E-state index contributed by atoms with van der Waals surface area (Å²) < 4.78 is 6.19. The van der Waals surface area contributed by atoms with E-state index in [0.29, 0.717) is 18.5 Å². The minimum atomic E-state index is 0.521. The predicted octanol–water partition coefficient (Wildman–Crippen LogP) is 4.97. The fraction of sp³-hybridized carbons (Fsp3) is 0.333. The van der Waals surface area contributed by atoms with Gasteiger partial charge in [-0.05, 0) is 55.6 Å². The van der Waals surface area contributed by atoms with Crippen LogP contribution in [0.15, 0.2) is 60.6 Å². The monoisotopic (exact) mass is 431 g/mol. The molecular weight excluding hydrogens is 406 g/mol. The number of hydrogen-bond donors (Lipinski definition) is 0. The van der Waals surface area contributed by atoms with Gasteiger partial charge >= 0.3 is 0 Å². The smallest absolute Gasteiger partial charge is 0.224 e. The van der Waals surface area contributed by atoms with E-state index in [1.807, 2.05) is 36.1 Å². The molecule has 31 heavy (non-hydrogen) atoms. The number of pyridine rings is 1. The van der Waals surface area contributed by atoms with Gasteiger partial charge in [-0.1, -0.05) is 12.5 Å². The van der Waals surface area contributed by atoms with Crippen LogP contribution < -0.4 is 4.74 Å². The summed E-state index contributed by atoms with van der Waals surface area (Å²) in [5.74, 6) is 0.651. The number of piperidine rings is 1. The third kappa shape index (κ3) is 4.73. The highest BCUT2D eigenvalue weighted by molar-refractivity contribution is 7.13. The first-order valence-electron chi connectivity index (χ1n) is 10.8. The molecule has 1 fully saturated rings. The summed E-state index contributed by atoms with van der Waals surface area (Å²) in [5, 5.41) is 3.91. The average Bonchev–Trinajstić information content (AvgIpc) is 3.36. The largest absolute Gasteiger partial charge is 0.477 e. The number of fused-ring (bicyclic) bond motifs is 1. The van der Waals surface area contributed by atoms with E-state index in [1.54, 1.807) is 17.7 Å². The van der Waals surface area contributed by atoms with E-state index >= 15 is 0 Å². The molecule has 0 bridgehead atoms. The third-order valence-corrected chi connectivity index (χ3v) is 6.65. The van der Waals surface area contributed by atoms with Crippen LogP contribution in [0.5, 0.6) is 5.88 Å². The Kier molecular flexibility index (Phi) is 6.13. The molecule has 1 aromatic carbocycles. The first kappa shape index (κ1) is 20.0. The molecule has 158 valence electrons. The zero-order valence-electron chi connectivity index (χ0n) is 17.4. The predicted molar refractivity (Wildman–Crippen MR) is 123 cm³/mol. The summed E-state index contributed by atoms with van der Waals surface area (Å²) in [6, 6.07) is 10.8. The number of benzene rings is 1. The highest BCUT2D eigenvalue weighted by Gasteiger charge is 2.22. The summed E-state index contributed by atoms with van der Waals surface area (Å²) in [5.41, 5.74) is 3.23. The van der Waals surface area contributed by atoms with Gasteiger partial charge in [0.15, 0.2) is 0 Å². The first-order chi connectivity index (χ1) is 15.4. The Hall–Kier alpha value is -2.90.